The van der Waals surface area contributed by atoms with Crippen LogP contribution in [0, 0.1) is 0 Å². The van der Waals surface area contributed by atoms with Crippen molar-refractivity contribution in [2.75, 3.05) is 0 Å². The van der Waals surface area contributed by atoms with Gasteiger partial charge in [-0.3, -0.25) is 9.59 Å². The fourth-order valence-corrected chi connectivity index (χ4v) is 4.42. The number of fused-ring (bicyclic) bond motifs is 3. The molecule has 6 nitrogen and oxygen atoms in total. The highest BCUT2D eigenvalue weighted by Crippen LogP contribution is 2.52. The molecule has 29 heavy (non-hydrogen) atoms. The van der Waals surface area contributed by atoms with Gasteiger partial charge in [0.05, 0.1) is 12.0 Å². The van der Waals surface area contributed by atoms with E-state index >= 15 is 0 Å². The van der Waals surface area contributed by atoms with E-state index in [4.69, 9.17) is 9.15 Å². The van der Waals surface area contributed by atoms with Gasteiger partial charge in [0.1, 0.15) is 16.7 Å². The Kier molecular flexibility index (Phi) is 3.92. The smallest absolute Gasteiger partial charge is 0.312 e. The fraction of sp³-hybridized carbons (Fsp3) is 0.0909. The van der Waals surface area contributed by atoms with Gasteiger partial charge in [0.15, 0.2) is 16.9 Å². The molecule has 1 atom stereocenters. The van der Waals surface area contributed by atoms with Crippen LogP contribution in [-0.4, -0.2) is 16.2 Å². The summed E-state index contributed by atoms with van der Waals surface area (Å²) >= 11 is 1.47. The van der Waals surface area contributed by atoms with Crippen molar-refractivity contribution in [3.05, 3.63) is 74.6 Å². The summed E-state index contributed by atoms with van der Waals surface area (Å²) in [6.07, 6.45) is 0.0301. The Morgan fingerprint density at radius 1 is 1.03 bits per heavy atom. The Balaban J connectivity index is 1.90. The number of aromatic hydroxyl groups is 2. The highest BCUT2D eigenvalue weighted by molar-refractivity contribution is 7.08. The number of hydrogen-bond acceptors (Lipinski definition) is 7. The Labute approximate surface area is 168 Å². The number of carbonyl (C=O) groups is 1. The van der Waals surface area contributed by atoms with E-state index in [0.717, 1.165) is 5.56 Å². The molecular formula is C22H14O6S. The van der Waals surface area contributed by atoms with Crippen LogP contribution in [0.3, 0.4) is 0 Å². The van der Waals surface area contributed by atoms with Crippen molar-refractivity contribution < 1.29 is 24.2 Å². The number of phenols is 2. The number of esters is 1. The van der Waals surface area contributed by atoms with Gasteiger partial charge in [0.2, 0.25) is 5.75 Å². The first-order valence-corrected chi connectivity index (χ1v) is 9.82. The van der Waals surface area contributed by atoms with Gasteiger partial charge in [-0.25, -0.2) is 0 Å². The monoisotopic (exact) mass is 406 g/mol. The Bertz CT molecular complexity index is 1310. The molecule has 5 rings (SSSR count). The van der Waals surface area contributed by atoms with Crippen molar-refractivity contribution in [2.45, 2.75) is 12.3 Å². The number of ether oxygens (including phenoxy) is 1. The largest absolute Gasteiger partial charge is 0.504 e. The lowest BCUT2D eigenvalue weighted by Crippen LogP contribution is -2.22. The van der Waals surface area contributed by atoms with E-state index in [1.807, 2.05) is 35.0 Å². The van der Waals surface area contributed by atoms with Gasteiger partial charge in [-0.2, -0.15) is 11.3 Å². The molecule has 2 N–H and O–H groups in total. The van der Waals surface area contributed by atoms with E-state index in [2.05, 4.69) is 0 Å². The average molecular weight is 406 g/mol. The molecule has 0 bridgehead atoms. The Morgan fingerprint density at radius 3 is 2.55 bits per heavy atom. The van der Waals surface area contributed by atoms with Crippen molar-refractivity contribution in [1.29, 1.82) is 0 Å². The quantitative estimate of drug-likeness (QED) is 0.291. The molecule has 1 aliphatic heterocycles. The predicted octanol–water partition coefficient (Wildman–Crippen LogP) is 4.37. The molecule has 0 amide bonds. The molecule has 7 heteroatoms. The zero-order valence-corrected chi connectivity index (χ0v) is 15.7. The summed E-state index contributed by atoms with van der Waals surface area (Å²) in [4.78, 5) is 25.0. The molecule has 2 aromatic heterocycles. The van der Waals surface area contributed by atoms with Crippen molar-refractivity contribution in [3.8, 4) is 28.6 Å². The first kappa shape index (κ1) is 17.5. The topological polar surface area (TPSA) is 97.0 Å². The van der Waals surface area contributed by atoms with Crippen LogP contribution < -0.4 is 10.2 Å². The van der Waals surface area contributed by atoms with Crippen LogP contribution in [0.2, 0.25) is 0 Å². The fourth-order valence-electron chi connectivity index (χ4n) is 3.71. The summed E-state index contributed by atoms with van der Waals surface area (Å²) < 4.78 is 11.3. The maximum absolute atomic E-state index is 12.9. The van der Waals surface area contributed by atoms with Gasteiger partial charge in [0.25, 0.3) is 0 Å². The number of benzene rings is 2. The second-order valence-electron chi connectivity index (χ2n) is 6.77. The van der Waals surface area contributed by atoms with Gasteiger partial charge in [0, 0.05) is 17.5 Å². The summed E-state index contributed by atoms with van der Waals surface area (Å²) in [5.74, 6) is -2.16. The second kappa shape index (κ2) is 6.49. The predicted molar refractivity (Wildman–Crippen MR) is 108 cm³/mol. The molecule has 144 valence electrons. The standard InChI is InChI=1S/C22H14O6S/c23-14-9-15(11-4-2-1-3-5-11)27-21-17-13(12-6-7-29-10-12)8-16(24)28-22(17)20(26)19(25)18(14)21/h1-7,9-10,13,25-26H,8H2. The van der Waals surface area contributed by atoms with Crippen LogP contribution in [0.1, 0.15) is 23.5 Å². The third kappa shape index (κ3) is 2.70. The van der Waals surface area contributed by atoms with Gasteiger partial charge < -0.3 is 19.4 Å². The zero-order chi connectivity index (χ0) is 20.1. The molecule has 4 aromatic rings. The lowest BCUT2D eigenvalue weighted by Gasteiger charge is -2.26. The van der Waals surface area contributed by atoms with Gasteiger partial charge in [-0.15, -0.1) is 0 Å². The molecule has 0 saturated heterocycles. The normalized spacial score (nSPS) is 15.9. The highest BCUT2D eigenvalue weighted by atomic mass is 32.1. The molecule has 3 heterocycles. The minimum atomic E-state index is -0.661. The second-order valence-corrected chi connectivity index (χ2v) is 7.55. The highest BCUT2D eigenvalue weighted by Gasteiger charge is 2.36. The molecule has 0 saturated carbocycles. The summed E-state index contributed by atoms with van der Waals surface area (Å²) in [6, 6.07) is 12.2. The molecule has 0 spiro atoms. The third-order valence-corrected chi connectivity index (χ3v) is 5.75. The van der Waals surface area contributed by atoms with Gasteiger partial charge in [-0.05, 0) is 22.4 Å². The SMILES string of the molecule is O=C1CC(c2ccsc2)c2c(c(O)c(O)c3c(=O)cc(-c4ccccc4)oc23)O1. The van der Waals surface area contributed by atoms with Crippen LogP contribution in [0.15, 0.2) is 62.4 Å². The Hall–Kier alpha value is -3.58. The third-order valence-electron chi connectivity index (χ3n) is 5.05. The molecule has 0 radical (unpaired) electrons. The number of carbonyl (C=O) groups excluding carboxylic acids is 1. The summed E-state index contributed by atoms with van der Waals surface area (Å²) in [6.45, 7) is 0. The van der Waals surface area contributed by atoms with Crippen LogP contribution >= 0.6 is 11.3 Å². The molecule has 1 aliphatic rings. The lowest BCUT2D eigenvalue weighted by atomic mass is 9.86. The number of thiophene rings is 1. The first-order valence-electron chi connectivity index (χ1n) is 8.88. The van der Waals surface area contributed by atoms with E-state index in [1.165, 1.54) is 17.4 Å². The molecule has 2 aromatic carbocycles. The lowest BCUT2D eigenvalue weighted by molar-refractivity contribution is -0.135. The van der Waals surface area contributed by atoms with Crippen molar-refractivity contribution in [1.82, 2.24) is 0 Å². The van der Waals surface area contributed by atoms with Gasteiger partial charge >= 0.3 is 5.97 Å². The molecule has 0 aliphatic carbocycles. The summed E-state index contributed by atoms with van der Waals surface area (Å²) in [7, 11) is 0. The van der Waals surface area contributed by atoms with E-state index < -0.39 is 28.8 Å². The van der Waals surface area contributed by atoms with Gasteiger partial charge in [-0.1, -0.05) is 30.3 Å². The van der Waals surface area contributed by atoms with Crippen molar-refractivity contribution in [3.63, 3.8) is 0 Å². The number of hydrogen-bond donors (Lipinski definition) is 2. The Morgan fingerprint density at radius 2 is 1.83 bits per heavy atom. The van der Waals surface area contributed by atoms with E-state index in [-0.39, 0.29) is 23.1 Å². The maximum Gasteiger partial charge on any atom is 0.312 e. The van der Waals surface area contributed by atoms with Crippen molar-refractivity contribution in [2.24, 2.45) is 0 Å². The minimum absolute atomic E-state index is 0.0301. The maximum atomic E-state index is 12.9. The summed E-state index contributed by atoms with van der Waals surface area (Å²) in [5, 5.41) is 24.6. The number of rotatable bonds is 2. The van der Waals surface area contributed by atoms with E-state index in [9.17, 15) is 19.8 Å². The summed E-state index contributed by atoms with van der Waals surface area (Å²) in [5.41, 5.74) is 1.51. The first-order chi connectivity index (χ1) is 14.0. The van der Waals surface area contributed by atoms with Crippen LogP contribution in [-0.2, 0) is 4.79 Å². The van der Waals surface area contributed by atoms with E-state index in [1.54, 1.807) is 12.1 Å². The van der Waals surface area contributed by atoms with E-state index in [0.29, 0.717) is 16.9 Å². The van der Waals surface area contributed by atoms with Crippen LogP contribution in [0.4, 0.5) is 0 Å². The number of phenolic OH excluding ortho intramolecular Hbond substituents is 2. The minimum Gasteiger partial charge on any atom is -0.504 e. The van der Waals surface area contributed by atoms with Crippen LogP contribution in [0.25, 0.3) is 22.3 Å². The zero-order valence-electron chi connectivity index (χ0n) is 14.9. The molecule has 0 fully saturated rings. The molecule has 1 unspecified atom stereocenters. The van der Waals surface area contributed by atoms with Crippen molar-refractivity contribution >= 4 is 28.3 Å². The average Bonchev–Trinajstić information content (AvgIpc) is 3.26. The van der Waals surface area contributed by atoms with Crippen LogP contribution in [0.5, 0.6) is 17.2 Å². The molecular weight excluding hydrogens is 392 g/mol.